The number of amides is 1. The van der Waals surface area contributed by atoms with Crippen molar-refractivity contribution in [2.45, 2.75) is 12.8 Å². The number of methoxy groups -OCH3 is 1. The van der Waals surface area contributed by atoms with E-state index in [-0.39, 0.29) is 11.3 Å². The van der Waals surface area contributed by atoms with Crippen LogP contribution in [0.2, 0.25) is 0 Å². The van der Waals surface area contributed by atoms with Crippen LogP contribution in [0.15, 0.2) is 36.5 Å². The monoisotopic (exact) mass is 340 g/mol. The van der Waals surface area contributed by atoms with Crippen molar-refractivity contribution in [2.75, 3.05) is 40.0 Å². The van der Waals surface area contributed by atoms with Crippen LogP contribution in [0.25, 0.3) is 10.9 Å². The smallest absolute Gasteiger partial charge is 0.253 e. The molecule has 2 aromatic rings. The van der Waals surface area contributed by atoms with E-state index in [1.807, 2.05) is 35.2 Å². The van der Waals surface area contributed by atoms with Crippen LogP contribution in [-0.4, -0.2) is 55.8 Å². The third-order valence-corrected chi connectivity index (χ3v) is 5.81. The summed E-state index contributed by atoms with van der Waals surface area (Å²) in [5.41, 5.74) is 1.79. The van der Waals surface area contributed by atoms with E-state index in [1.54, 1.807) is 13.3 Å². The van der Waals surface area contributed by atoms with Crippen LogP contribution in [0.3, 0.4) is 0 Å². The lowest BCUT2D eigenvalue weighted by molar-refractivity contribution is -0.0169. The van der Waals surface area contributed by atoms with Crippen LogP contribution in [0.5, 0.6) is 0 Å². The van der Waals surface area contributed by atoms with Crippen molar-refractivity contribution in [3.63, 3.8) is 0 Å². The summed E-state index contributed by atoms with van der Waals surface area (Å²) in [5.74, 6) is 0.489. The molecule has 0 bridgehead atoms. The molecule has 2 aliphatic heterocycles. The summed E-state index contributed by atoms with van der Waals surface area (Å²) < 4.78 is 11.0. The Balaban J connectivity index is 1.58. The number of hydrogen-bond acceptors (Lipinski definition) is 4. The van der Waals surface area contributed by atoms with Crippen molar-refractivity contribution in [3.8, 4) is 0 Å². The predicted octanol–water partition coefficient (Wildman–Crippen LogP) is 2.75. The number of fused-ring (bicyclic) bond motifs is 1. The topological polar surface area (TPSA) is 51.7 Å². The highest BCUT2D eigenvalue weighted by atomic mass is 16.5. The molecule has 132 valence electrons. The van der Waals surface area contributed by atoms with Crippen LogP contribution in [0.1, 0.15) is 23.2 Å². The van der Waals surface area contributed by atoms with Gasteiger partial charge in [-0.15, -0.1) is 0 Å². The minimum atomic E-state index is 0.107. The SMILES string of the molecule is COCC1CN(C(=O)c2ccc3ncccc3c2)CC12CCOCC2. The number of carbonyl (C=O) groups is 1. The van der Waals surface area contributed by atoms with Crippen LogP contribution in [-0.2, 0) is 9.47 Å². The minimum Gasteiger partial charge on any atom is -0.384 e. The molecule has 1 unspecified atom stereocenters. The summed E-state index contributed by atoms with van der Waals surface area (Å²) in [7, 11) is 1.74. The first-order valence-corrected chi connectivity index (χ1v) is 8.93. The average Bonchev–Trinajstić information content (AvgIpc) is 2.99. The molecular formula is C20H24N2O3. The molecule has 5 nitrogen and oxygen atoms in total. The zero-order chi connectivity index (χ0) is 17.3. The van der Waals surface area contributed by atoms with Crippen molar-refractivity contribution in [1.29, 1.82) is 0 Å². The maximum absolute atomic E-state index is 13.1. The molecule has 0 aliphatic carbocycles. The molecule has 5 heteroatoms. The number of ether oxygens (including phenoxy) is 2. The van der Waals surface area contributed by atoms with E-state index in [0.717, 1.165) is 55.6 Å². The number of aromatic nitrogens is 1. The molecule has 2 saturated heterocycles. The molecule has 1 atom stereocenters. The van der Waals surface area contributed by atoms with Crippen LogP contribution >= 0.6 is 0 Å². The van der Waals surface area contributed by atoms with Gasteiger partial charge >= 0.3 is 0 Å². The minimum absolute atomic E-state index is 0.107. The molecule has 2 fully saturated rings. The fourth-order valence-electron chi connectivity index (χ4n) is 4.35. The van der Waals surface area contributed by atoms with Crippen LogP contribution < -0.4 is 0 Å². The quantitative estimate of drug-likeness (QED) is 0.862. The van der Waals surface area contributed by atoms with Gasteiger partial charge in [0.15, 0.2) is 0 Å². The van der Waals surface area contributed by atoms with Gasteiger partial charge in [0.25, 0.3) is 5.91 Å². The molecule has 3 heterocycles. The summed E-state index contributed by atoms with van der Waals surface area (Å²) in [6, 6.07) is 9.66. The lowest BCUT2D eigenvalue weighted by Crippen LogP contribution is -2.39. The Labute approximate surface area is 147 Å². The Bertz CT molecular complexity index is 770. The molecule has 0 N–H and O–H groups in total. The van der Waals surface area contributed by atoms with E-state index >= 15 is 0 Å². The second-order valence-electron chi connectivity index (χ2n) is 7.22. The number of benzene rings is 1. The number of rotatable bonds is 3. The Morgan fingerprint density at radius 1 is 1.36 bits per heavy atom. The Morgan fingerprint density at radius 2 is 2.20 bits per heavy atom. The highest BCUT2D eigenvalue weighted by Gasteiger charge is 2.48. The lowest BCUT2D eigenvalue weighted by Gasteiger charge is -2.37. The van der Waals surface area contributed by atoms with Gasteiger partial charge in [-0.05, 0) is 42.5 Å². The maximum atomic E-state index is 13.1. The molecule has 2 aliphatic rings. The fraction of sp³-hybridized carbons (Fsp3) is 0.500. The zero-order valence-corrected chi connectivity index (χ0v) is 14.6. The summed E-state index contributed by atoms with van der Waals surface area (Å²) in [5, 5.41) is 1.00. The van der Waals surface area contributed by atoms with E-state index < -0.39 is 0 Å². The molecule has 1 amide bonds. The number of nitrogens with zero attached hydrogens (tertiary/aromatic N) is 2. The van der Waals surface area contributed by atoms with Gasteiger partial charge in [0, 0.05) is 56.5 Å². The van der Waals surface area contributed by atoms with E-state index in [4.69, 9.17) is 9.47 Å². The summed E-state index contributed by atoms with van der Waals surface area (Å²) in [6.07, 6.45) is 3.79. The lowest BCUT2D eigenvalue weighted by atomic mass is 9.72. The van der Waals surface area contributed by atoms with Crippen LogP contribution in [0, 0.1) is 11.3 Å². The summed E-state index contributed by atoms with van der Waals surface area (Å²) in [6.45, 7) is 3.82. The van der Waals surface area contributed by atoms with Gasteiger partial charge in [0.05, 0.1) is 12.1 Å². The van der Waals surface area contributed by atoms with Gasteiger partial charge in [-0.3, -0.25) is 9.78 Å². The number of likely N-dealkylation sites (tertiary alicyclic amines) is 1. The molecule has 1 aromatic carbocycles. The van der Waals surface area contributed by atoms with Gasteiger partial charge in [0.1, 0.15) is 0 Å². The van der Waals surface area contributed by atoms with Gasteiger partial charge in [-0.2, -0.15) is 0 Å². The van der Waals surface area contributed by atoms with Gasteiger partial charge in [0.2, 0.25) is 0 Å². The number of hydrogen-bond donors (Lipinski definition) is 0. The fourth-order valence-corrected chi connectivity index (χ4v) is 4.35. The molecule has 25 heavy (non-hydrogen) atoms. The first kappa shape index (κ1) is 16.5. The van der Waals surface area contributed by atoms with Crippen molar-refractivity contribution in [3.05, 3.63) is 42.1 Å². The second kappa shape index (κ2) is 6.73. The first-order chi connectivity index (χ1) is 12.2. The van der Waals surface area contributed by atoms with Crippen molar-refractivity contribution in [1.82, 2.24) is 9.88 Å². The molecule has 1 aromatic heterocycles. The average molecular weight is 340 g/mol. The normalized spacial score (nSPS) is 22.6. The Kier molecular flexibility index (Phi) is 4.44. The van der Waals surface area contributed by atoms with Crippen molar-refractivity contribution < 1.29 is 14.3 Å². The molecule has 4 rings (SSSR count). The van der Waals surface area contributed by atoms with E-state index in [1.165, 1.54) is 0 Å². The number of carbonyl (C=O) groups excluding carboxylic acids is 1. The third-order valence-electron chi connectivity index (χ3n) is 5.81. The largest absolute Gasteiger partial charge is 0.384 e. The van der Waals surface area contributed by atoms with Crippen LogP contribution in [0.4, 0.5) is 0 Å². The van der Waals surface area contributed by atoms with Gasteiger partial charge < -0.3 is 14.4 Å². The highest BCUT2D eigenvalue weighted by Crippen LogP contribution is 2.44. The predicted molar refractivity (Wildman–Crippen MR) is 95.5 cm³/mol. The number of pyridine rings is 1. The Hall–Kier alpha value is -1.98. The first-order valence-electron chi connectivity index (χ1n) is 8.93. The second-order valence-corrected chi connectivity index (χ2v) is 7.22. The van der Waals surface area contributed by atoms with Gasteiger partial charge in [-0.25, -0.2) is 0 Å². The molecule has 1 spiro atoms. The molecular weight excluding hydrogens is 316 g/mol. The van der Waals surface area contributed by atoms with E-state index in [0.29, 0.717) is 12.5 Å². The van der Waals surface area contributed by atoms with Gasteiger partial charge in [-0.1, -0.05) is 6.07 Å². The van der Waals surface area contributed by atoms with E-state index in [9.17, 15) is 4.79 Å². The zero-order valence-electron chi connectivity index (χ0n) is 14.6. The summed E-state index contributed by atoms with van der Waals surface area (Å²) >= 11 is 0. The molecule has 0 radical (unpaired) electrons. The standard InChI is InChI=1S/C20H24N2O3/c1-24-13-17-12-22(14-20(17)6-9-25-10-7-20)19(23)16-4-5-18-15(11-16)3-2-8-21-18/h2-5,8,11,17H,6-7,9-10,12-14H2,1H3. The van der Waals surface area contributed by atoms with Crippen molar-refractivity contribution >= 4 is 16.8 Å². The highest BCUT2D eigenvalue weighted by molar-refractivity contribution is 5.98. The maximum Gasteiger partial charge on any atom is 0.253 e. The van der Waals surface area contributed by atoms with E-state index in [2.05, 4.69) is 4.98 Å². The third kappa shape index (κ3) is 3.02. The Morgan fingerprint density at radius 3 is 3.00 bits per heavy atom. The van der Waals surface area contributed by atoms with Crippen molar-refractivity contribution in [2.24, 2.45) is 11.3 Å². The molecule has 0 saturated carbocycles. The summed E-state index contributed by atoms with van der Waals surface area (Å²) in [4.78, 5) is 19.4.